The zero-order valence-electron chi connectivity index (χ0n) is 12.0. The highest BCUT2D eigenvalue weighted by atomic mass is 32.5. The Morgan fingerprint density at radius 3 is 2.25 bits per heavy atom. The van der Waals surface area contributed by atoms with Crippen molar-refractivity contribution in [1.29, 1.82) is 0 Å². The number of rotatable bonds is 2. The van der Waals surface area contributed by atoms with E-state index in [9.17, 15) is 0 Å². The van der Waals surface area contributed by atoms with Crippen LogP contribution in [0.25, 0.3) is 0 Å². The van der Waals surface area contributed by atoms with E-state index in [1.165, 1.54) is 32.1 Å². The maximum Gasteiger partial charge on any atom is 0.319 e. The van der Waals surface area contributed by atoms with Gasteiger partial charge in [0, 0.05) is 0 Å². The predicted molar refractivity (Wildman–Crippen MR) is 87.9 cm³/mol. The third-order valence-electron chi connectivity index (χ3n) is 3.53. The van der Waals surface area contributed by atoms with E-state index in [-0.39, 0.29) is 0 Å². The van der Waals surface area contributed by atoms with Gasteiger partial charge >= 0.3 is 6.72 Å². The highest BCUT2D eigenvalue weighted by molar-refractivity contribution is 8.06. The Bertz CT molecular complexity index is 463. The molecule has 1 aromatic rings. The van der Waals surface area contributed by atoms with Gasteiger partial charge in [-0.3, -0.25) is 0 Å². The quantitative estimate of drug-likeness (QED) is 0.561. The summed E-state index contributed by atoms with van der Waals surface area (Å²) < 4.78 is 6.87. The lowest BCUT2D eigenvalue weighted by Crippen LogP contribution is -2.16. The lowest BCUT2D eigenvalue weighted by molar-refractivity contribution is 0.363. The van der Waals surface area contributed by atoms with Crippen LogP contribution in [0.3, 0.4) is 0 Å². The first-order valence-electron chi connectivity index (χ1n) is 6.74. The molecule has 3 N–H and O–H groups in total. The summed E-state index contributed by atoms with van der Waals surface area (Å²) in [5.41, 5.74) is 1.57. The number of ether oxygens (including phenoxy) is 1. The highest BCUT2D eigenvalue weighted by Gasteiger charge is 2.17. The van der Waals surface area contributed by atoms with Gasteiger partial charge in [0.2, 0.25) is 0 Å². The van der Waals surface area contributed by atoms with E-state index >= 15 is 0 Å². The van der Waals surface area contributed by atoms with Gasteiger partial charge in [-0.25, -0.2) is 0 Å². The Morgan fingerprint density at radius 1 is 1.20 bits per heavy atom. The molecule has 20 heavy (non-hydrogen) atoms. The van der Waals surface area contributed by atoms with Crippen LogP contribution >= 0.6 is 6.72 Å². The van der Waals surface area contributed by atoms with Crippen LogP contribution in [-0.4, -0.2) is 38.1 Å². The topological polar surface area (TPSA) is 69.9 Å². The summed E-state index contributed by atoms with van der Waals surface area (Å²) in [5.74, 6) is 1.83. The van der Waals surface area contributed by atoms with Crippen molar-refractivity contribution in [2.75, 3.05) is 7.11 Å². The molecule has 4 nitrogen and oxygen atoms in total. The maximum atomic E-state index is 7.56. The second kappa shape index (κ2) is 8.51. The molecule has 0 spiro atoms. The summed E-state index contributed by atoms with van der Waals surface area (Å²) in [6.07, 6.45) is 6.99. The Hall–Kier alpha value is 0.0825. The van der Waals surface area contributed by atoms with E-state index in [1.54, 1.807) is 17.1 Å². The molecule has 1 aliphatic rings. The Morgan fingerprint density at radius 2 is 1.75 bits per heavy atom. The molecule has 1 fully saturated rings. The van der Waals surface area contributed by atoms with Crippen molar-refractivity contribution >= 4 is 39.2 Å². The lowest BCUT2D eigenvalue weighted by atomic mass is 9.84. The third kappa shape index (κ3) is 7.19. The minimum atomic E-state index is -3.81. The van der Waals surface area contributed by atoms with Crippen molar-refractivity contribution in [3.63, 3.8) is 0 Å². The van der Waals surface area contributed by atoms with Crippen molar-refractivity contribution in [2.24, 2.45) is 0 Å². The van der Waals surface area contributed by atoms with Crippen LogP contribution in [0.4, 0.5) is 0 Å². The van der Waals surface area contributed by atoms with E-state index in [2.05, 4.69) is 30.0 Å². The molecule has 0 unspecified atom stereocenters. The normalized spacial score (nSPS) is 16.2. The maximum absolute atomic E-state index is 7.56. The van der Waals surface area contributed by atoms with Crippen LogP contribution in [0, 0.1) is 0 Å². The molecule has 112 valence electrons. The van der Waals surface area contributed by atoms with Gasteiger partial charge in [0.25, 0.3) is 16.3 Å². The molecule has 0 saturated heterocycles. The van der Waals surface area contributed by atoms with Crippen LogP contribution in [0.5, 0.6) is 5.75 Å². The first kappa shape index (κ1) is 18.1. The van der Waals surface area contributed by atoms with Gasteiger partial charge in [-0.1, -0.05) is 30.9 Å². The van der Waals surface area contributed by atoms with Gasteiger partial charge in [0.1, 0.15) is 5.75 Å². The molecule has 0 heterocycles. The molecule has 0 aliphatic heterocycles. The van der Waals surface area contributed by atoms with E-state index in [4.69, 9.17) is 19.4 Å². The van der Waals surface area contributed by atoms with E-state index in [0.29, 0.717) is 0 Å². The van der Waals surface area contributed by atoms with Gasteiger partial charge in [0.15, 0.2) is 0 Å². The van der Waals surface area contributed by atoms with E-state index in [1.807, 2.05) is 0 Å². The fourth-order valence-corrected chi connectivity index (χ4v) is 3.32. The molecule has 1 aliphatic carbocycles. The summed E-state index contributed by atoms with van der Waals surface area (Å²) in [6, 6.07) is 6.60. The molecule has 0 aromatic heterocycles. The molecule has 7 heteroatoms. The second-order valence-electron chi connectivity index (χ2n) is 5.07. The van der Waals surface area contributed by atoms with Crippen LogP contribution < -0.4 is 9.16 Å². The van der Waals surface area contributed by atoms with Crippen molar-refractivity contribution in [3.8, 4) is 5.75 Å². The third-order valence-corrected chi connectivity index (χ3v) is 4.44. The first-order valence-corrected chi connectivity index (χ1v) is 10.4. The smallest absolute Gasteiger partial charge is 0.319 e. The summed E-state index contributed by atoms with van der Waals surface area (Å²) in [6.45, 7) is -3.81. The number of hydrogen-bond donors (Lipinski definition) is 3. The number of benzene rings is 1. The van der Waals surface area contributed by atoms with Gasteiger partial charge in [0.05, 0.1) is 7.11 Å². The van der Waals surface area contributed by atoms with Crippen LogP contribution in [0.2, 0.25) is 0 Å². The summed E-state index contributed by atoms with van der Waals surface area (Å²) >= 11 is 4.76. The minimum absolute atomic E-state index is 0.807. The zero-order valence-corrected chi connectivity index (χ0v) is 15.7. The predicted octanol–water partition coefficient (Wildman–Crippen LogP) is 1.19. The van der Waals surface area contributed by atoms with Crippen LogP contribution in [-0.2, 0) is 11.8 Å². The molecule has 0 amide bonds. The fourth-order valence-electron chi connectivity index (χ4n) is 2.60. The van der Waals surface area contributed by atoms with Crippen molar-refractivity contribution in [3.05, 3.63) is 23.8 Å². The van der Waals surface area contributed by atoms with Crippen LogP contribution in [0.15, 0.2) is 18.2 Å². The Balaban J connectivity index is 0.000000347. The molecular formula is C13H22AlO4PS. The SMILES string of the molecule is COc1cc[c]([AlH2])c(C2CCCCC2)c1.OP(O)(O)=S. The minimum Gasteiger partial charge on any atom is -0.497 e. The summed E-state index contributed by atoms with van der Waals surface area (Å²) in [4.78, 5) is 22.7. The molecule has 1 saturated carbocycles. The number of hydrogen-bond acceptors (Lipinski definition) is 2. The largest absolute Gasteiger partial charge is 0.497 e. The van der Waals surface area contributed by atoms with Gasteiger partial charge in [-0.2, -0.15) is 0 Å². The molecule has 0 atom stereocenters. The molecule has 0 radical (unpaired) electrons. The van der Waals surface area contributed by atoms with Crippen LogP contribution in [0.1, 0.15) is 43.6 Å². The summed E-state index contributed by atoms with van der Waals surface area (Å²) in [7, 11) is 1.76. The highest BCUT2D eigenvalue weighted by Crippen LogP contribution is 2.32. The second-order valence-corrected chi connectivity index (χ2v) is 8.64. The van der Waals surface area contributed by atoms with Crippen molar-refractivity contribution in [1.82, 2.24) is 0 Å². The molecular weight excluding hydrogens is 310 g/mol. The lowest BCUT2D eigenvalue weighted by Gasteiger charge is -2.24. The number of methoxy groups -OCH3 is 1. The van der Waals surface area contributed by atoms with E-state index < -0.39 is 6.72 Å². The monoisotopic (exact) mass is 332 g/mol. The Labute approximate surface area is 133 Å². The molecule has 1 aromatic carbocycles. The van der Waals surface area contributed by atoms with Crippen molar-refractivity contribution < 1.29 is 19.4 Å². The van der Waals surface area contributed by atoms with Gasteiger partial charge in [-0.05, 0) is 42.7 Å². The standard InChI is InChI=1S/C13H17O.Al.H3O3PS.2H/c1-14-13-9-5-8-12(10-13)11-6-3-2-4-7-11;;1-4(2,3)5;;/h5,9-11H,2-4,6-7H2,1H3;;(H3,1,2,3,5);;. The molecule has 2 rings (SSSR count). The average molecular weight is 332 g/mol. The molecule has 0 bridgehead atoms. The van der Waals surface area contributed by atoms with E-state index in [0.717, 1.165) is 28.0 Å². The fraction of sp³-hybridized carbons (Fsp3) is 0.538. The first-order chi connectivity index (χ1) is 9.31. The average Bonchev–Trinajstić information content (AvgIpc) is 2.38. The Kier molecular flexibility index (Phi) is 7.71. The zero-order chi connectivity index (χ0) is 15.2. The van der Waals surface area contributed by atoms with Crippen molar-refractivity contribution in [2.45, 2.75) is 38.0 Å². The van der Waals surface area contributed by atoms with Gasteiger partial charge < -0.3 is 19.4 Å². The summed E-state index contributed by atoms with van der Waals surface area (Å²) in [5, 5.41) is 0. The van der Waals surface area contributed by atoms with Gasteiger partial charge in [-0.15, -0.1) is 4.43 Å².